The normalized spacial score (nSPS) is 9.56. The van der Waals surface area contributed by atoms with Crippen LogP contribution in [0.15, 0.2) is 0 Å². The standard InChI is InChI=1S/C10H22O.2Na.H2O4S/c1-2-3-4-5-6-7-8-9-10-11;;;1-5(2,3)4/h11H,2-10H2,1H3;;;(H2,1,2,3,4)/q;2*+1;/p-2. The first-order valence-electron chi connectivity index (χ1n) is 5.69. The Morgan fingerprint density at radius 3 is 1.39 bits per heavy atom. The van der Waals surface area contributed by atoms with Crippen LogP contribution >= 0.6 is 0 Å². The average Bonchev–Trinajstić information content (AvgIpc) is 2.14. The molecule has 0 aliphatic rings. The molecule has 0 aromatic rings. The van der Waals surface area contributed by atoms with Crippen molar-refractivity contribution in [2.75, 3.05) is 6.61 Å². The van der Waals surface area contributed by atoms with Crippen LogP contribution in [0.1, 0.15) is 58.3 Å². The number of rotatable bonds is 8. The molecule has 100 valence electrons. The van der Waals surface area contributed by atoms with Crippen molar-refractivity contribution in [2.45, 2.75) is 58.3 Å². The van der Waals surface area contributed by atoms with Crippen molar-refractivity contribution in [3.8, 4) is 0 Å². The molecule has 0 saturated heterocycles. The topological polar surface area (TPSA) is 100 Å². The van der Waals surface area contributed by atoms with E-state index in [1.54, 1.807) is 0 Å². The molecule has 0 saturated carbocycles. The molecule has 0 amide bonds. The third kappa shape index (κ3) is 52.3. The van der Waals surface area contributed by atoms with Crippen molar-refractivity contribution in [1.82, 2.24) is 0 Å². The third-order valence-electron chi connectivity index (χ3n) is 2.01. The molecular formula is C10H22Na2O5S. The zero-order chi connectivity index (χ0) is 12.9. The van der Waals surface area contributed by atoms with Crippen LogP contribution in [0.4, 0.5) is 0 Å². The Bertz CT molecular complexity index is 206. The molecule has 0 bridgehead atoms. The number of aliphatic hydroxyl groups excluding tert-OH is 1. The first-order valence-corrected chi connectivity index (χ1v) is 7.02. The molecule has 0 aromatic heterocycles. The Kier molecular flexibility index (Phi) is 32.9. The number of unbranched alkanes of at least 4 members (excludes halogenated alkanes) is 7. The molecule has 0 aromatic carbocycles. The molecule has 0 aliphatic heterocycles. The molecule has 18 heavy (non-hydrogen) atoms. The summed E-state index contributed by atoms with van der Waals surface area (Å²) in [6.07, 6.45) is 10.4. The van der Waals surface area contributed by atoms with E-state index in [2.05, 4.69) is 6.92 Å². The smallest absolute Gasteiger partial charge is 0.759 e. The molecule has 0 unspecified atom stereocenters. The van der Waals surface area contributed by atoms with E-state index in [9.17, 15) is 0 Å². The zero-order valence-corrected chi connectivity index (χ0v) is 16.7. The van der Waals surface area contributed by atoms with Gasteiger partial charge in [-0.3, -0.25) is 8.42 Å². The van der Waals surface area contributed by atoms with Gasteiger partial charge in [0.2, 0.25) is 0 Å². The van der Waals surface area contributed by atoms with E-state index in [1.165, 1.54) is 44.9 Å². The summed E-state index contributed by atoms with van der Waals surface area (Å²) in [5.74, 6) is 0. The van der Waals surface area contributed by atoms with Gasteiger partial charge in [0.1, 0.15) is 0 Å². The average molecular weight is 300 g/mol. The van der Waals surface area contributed by atoms with Gasteiger partial charge in [-0.25, -0.2) is 0 Å². The molecule has 0 fully saturated rings. The number of hydrogen-bond donors (Lipinski definition) is 1. The van der Waals surface area contributed by atoms with E-state index in [1.807, 2.05) is 0 Å². The van der Waals surface area contributed by atoms with E-state index in [0.29, 0.717) is 6.61 Å². The number of hydrogen-bond acceptors (Lipinski definition) is 5. The summed E-state index contributed by atoms with van der Waals surface area (Å²) in [5, 5.41) is 8.51. The van der Waals surface area contributed by atoms with Crippen LogP contribution < -0.4 is 59.1 Å². The van der Waals surface area contributed by atoms with Crippen LogP contribution in [0.2, 0.25) is 0 Å². The van der Waals surface area contributed by atoms with Gasteiger partial charge in [-0.05, 0) is 6.42 Å². The van der Waals surface area contributed by atoms with Crippen LogP contribution in [0.25, 0.3) is 0 Å². The van der Waals surface area contributed by atoms with Gasteiger partial charge >= 0.3 is 59.1 Å². The quantitative estimate of drug-likeness (QED) is 0.212. The molecule has 0 spiro atoms. The molecule has 5 nitrogen and oxygen atoms in total. The second kappa shape index (κ2) is 21.1. The van der Waals surface area contributed by atoms with Crippen LogP contribution in [0, 0.1) is 0 Å². The summed E-state index contributed by atoms with van der Waals surface area (Å²) in [6.45, 7) is 2.61. The Morgan fingerprint density at radius 2 is 1.11 bits per heavy atom. The molecule has 0 radical (unpaired) electrons. The maximum Gasteiger partial charge on any atom is 1.00 e. The Balaban J connectivity index is -0.000000122. The Labute approximate surface area is 155 Å². The fourth-order valence-electron chi connectivity index (χ4n) is 1.25. The molecule has 0 aliphatic carbocycles. The van der Waals surface area contributed by atoms with Crippen molar-refractivity contribution in [2.24, 2.45) is 0 Å². The Hall–Kier alpha value is 1.83. The molecule has 8 heteroatoms. The van der Waals surface area contributed by atoms with Crippen molar-refractivity contribution in [3.63, 3.8) is 0 Å². The second-order valence-corrected chi connectivity index (χ2v) is 4.42. The fraction of sp³-hybridized carbons (Fsp3) is 1.00. The van der Waals surface area contributed by atoms with Crippen LogP contribution in [-0.2, 0) is 10.4 Å². The minimum atomic E-state index is -5.17. The summed E-state index contributed by atoms with van der Waals surface area (Å²) in [4.78, 5) is 0. The SMILES string of the molecule is CCCCCCCCCCO.O=S(=O)([O-])[O-].[Na+].[Na+]. The molecule has 1 N–H and O–H groups in total. The zero-order valence-electron chi connectivity index (χ0n) is 11.9. The van der Waals surface area contributed by atoms with Gasteiger partial charge in [0, 0.05) is 17.0 Å². The van der Waals surface area contributed by atoms with Crippen molar-refractivity contribution < 1.29 is 81.7 Å². The van der Waals surface area contributed by atoms with Crippen molar-refractivity contribution in [3.05, 3.63) is 0 Å². The largest absolute Gasteiger partial charge is 1.00 e. The third-order valence-corrected chi connectivity index (χ3v) is 2.01. The van der Waals surface area contributed by atoms with Gasteiger partial charge in [-0.1, -0.05) is 51.9 Å². The minimum absolute atomic E-state index is 0. The molecule has 0 heterocycles. The van der Waals surface area contributed by atoms with E-state index in [0.717, 1.165) is 6.42 Å². The van der Waals surface area contributed by atoms with Gasteiger partial charge in [0.15, 0.2) is 0 Å². The minimum Gasteiger partial charge on any atom is -0.759 e. The van der Waals surface area contributed by atoms with Gasteiger partial charge in [-0.15, -0.1) is 0 Å². The second-order valence-electron chi connectivity index (χ2n) is 3.61. The van der Waals surface area contributed by atoms with E-state index in [-0.39, 0.29) is 59.1 Å². The molecule has 0 atom stereocenters. The fourth-order valence-corrected chi connectivity index (χ4v) is 1.25. The summed E-state index contributed by atoms with van der Waals surface area (Å²) in [5.41, 5.74) is 0. The van der Waals surface area contributed by atoms with Gasteiger partial charge in [-0.2, -0.15) is 0 Å². The van der Waals surface area contributed by atoms with Gasteiger partial charge < -0.3 is 14.2 Å². The maximum absolute atomic E-state index is 8.52. The summed E-state index contributed by atoms with van der Waals surface area (Å²) in [7, 11) is -5.17. The summed E-state index contributed by atoms with van der Waals surface area (Å²) in [6, 6.07) is 0. The first-order chi connectivity index (χ1) is 7.41. The van der Waals surface area contributed by atoms with E-state index < -0.39 is 10.4 Å². The van der Waals surface area contributed by atoms with Crippen molar-refractivity contribution in [1.29, 1.82) is 0 Å². The van der Waals surface area contributed by atoms with Crippen LogP contribution in [0.3, 0.4) is 0 Å². The first kappa shape index (κ1) is 28.1. The van der Waals surface area contributed by atoms with Gasteiger partial charge in [0.05, 0.1) is 0 Å². The molecule has 0 rings (SSSR count). The predicted octanol–water partition coefficient (Wildman–Crippen LogP) is -4.21. The van der Waals surface area contributed by atoms with Crippen LogP contribution in [0.5, 0.6) is 0 Å². The monoisotopic (exact) mass is 300 g/mol. The molecular weight excluding hydrogens is 278 g/mol. The summed E-state index contributed by atoms with van der Waals surface area (Å²) >= 11 is 0. The summed E-state index contributed by atoms with van der Waals surface area (Å²) < 4.78 is 34.1. The van der Waals surface area contributed by atoms with E-state index in [4.69, 9.17) is 22.6 Å². The number of aliphatic hydroxyl groups is 1. The Morgan fingerprint density at radius 1 is 0.833 bits per heavy atom. The van der Waals surface area contributed by atoms with Crippen LogP contribution in [-0.4, -0.2) is 29.2 Å². The maximum atomic E-state index is 8.52. The van der Waals surface area contributed by atoms with E-state index >= 15 is 0 Å². The predicted molar refractivity (Wildman–Crippen MR) is 60.2 cm³/mol. The van der Waals surface area contributed by atoms with Crippen molar-refractivity contribution >= 4 is 10.4 Å². The van der Waals surface area contributed by atoms with Gasteiger partial charge in [0.25, 0.3) is 0 Å².